The first-order valence-electron chi connectivity index (χ1n) is 6.93. The average Bonchev–Trinajstić information content (AvgIpc) is 2.88. The molecular formula is C13H20N4O2. The minimum atomic E-state index is 0.0825. The number of aliphatic hydroxyl groups is 1. The Morgan fingerprint density at radius 2 is 2.32 bits per heavy atom. The number of anilines is 2. The summed E-state index contributed by atoms with van der Waals surface area (Å²) >= 11 is 0. The summed E-state index contributed by atoms with van der Waals surface area (Å²) in [5.41, 5.74) is 1.05. The van der Waals surface area contributed by atoms with Crippen molar-refractivity contribution in [1.29, 1.82) is 0 Å². The fourth-order valence-corrected chi connectivity index (χ4v) is 2.38. The molecule has 19 heavy (non-hydrogen) atoms. The van der Waals surface area contributed by atoms with Gasteiger partial charge in [-0.1, -0.05) is 0 Å². The number of aliphatic hydroxyl groups excluding tert-OH is 1. The smallest absolute Gasteiger partial charge is 0.224 e. The Morgan fingerprint density at radius 1 is 1.42 bits per heavy atom. The normalized spacial score (nSPS) is 22.4. The summed E-state index contributed by atoms with van der Waals surface area (Å²) in [5.74, 6) is 1.97. The second kappa shape index (κ2) is 5.71. The van der Waals surface area contributed by atoms with E-state index < -0.39 is 0 Å². The number of rotatable bonds is 5. The van der Waals surface area contributed by atoms with Crippen molar-refractivity contribution < 1.29 is 9.84 Å². The van der Waals surface area contributed by atoms with E-state index in [2.05, 4.69) is 26.3 Å². The number of nitrogens with one attached hydrogen (secondary N) is 1. The summed E-state index contributed by atoms with van der Waals surface area (Å²) in [7, 11) is 0. The third kappa shape index (κ3) is 2.79. The summed E-state index contributed by atoms with van der Waals surface area (Å²) in [4.78, 5) is 11.3. The van der Waals surface area contributed by atoms with Crippen LogP contribution in [0.5, 0.6) is 0 Å². The van der Waals surface area contributed by atoms with E-state index in [0.29, 0.717) is 18.4 Å². The van der Waals surface area contributed by atoms with Crippen LogP contribution in [0.3, 0.4) is 0 Å². The summed E-state index contributed by atoms with van der Waals surface area (Å²) in [6.07, 6.45) is 2.25. The zero-order valence-corrected chi connectivity index (χ0v) is 11.0. The van der Waals surface area contributed by atoms with Crippen molar-refractivity contribution in [1.82, 2.24) is 9.97 Å². The Morgan fingerprint density at radius 3 is 2.95 bits per heavy atom. The first-order valence-corrected chi connectivity index (χ1v) is 6.93. The van der Waals surface area contributed by atoms with Crippen molar-refractivity contribution in [3.63, 3.8) is 0 Å². The molecule has 0 aliphatic carbocycles. The largest absolute Gasteiger partial charge is 0.395 e. The molecule has 0 bridgehead atoms. The predicted octanol–water partition coefficient (Wildman–Crippen LogP) is 0.595. The van der Waals surface area contributed by atoms with Gasteiger partial charge in [0.15, 0.2) is 0 Å². The van der Waals surface area contributed by atoms with Gasteiger partial charge < -0.3 is 20.1 Å². The highest BCUT2D eigenvalue weighted by Gasteiger charge is 2.23. The summed E-state index contributed by atoms with van der Waals surface area (Å²) in [5, 5.41) is 12.0. The van der Waals surface area contributed by atoms with Crippen LogP contribution in [0.25, 0.3) is 0 Å². The molecule has 2 N–H and O–H groups in total. The molecule has 3 rings (SSSR count). The van der Waals surface area contributed by atoms with Crippen molar-refractivity contribution in [2.24, 2.45) is 0 Å². The number of aromatic nitrogens is 2. The molecule has 0 amide bonds. The highest BCUT2D eigenvalue weighted by atomic mass is 16.5. The van der Waals surface area contributed by atoms with Crippen molar-refractivity contribution in [2.45, 2.75) is 18.8 Å². The molecule has 0 spiro atoms. The van der Waals surface area contributed by atoms with Crippen molar-refractivity contribution >= 4 is 11.8 Å². The minimum absolute atomic E-state index is 0.0825. The van der Waals surface area contributed by atoms with Gasteiger partial charge in [-0.2, -0.15) is 4.98 Å². The van der Waals surface area contributed by atoms with Crippen LogP contribution < -0.4 is 10.2 Å². The third-order valence-corrected chi connectivity index (χ3v) is 3.66. The van der Waals surface area contributed by atoms with Crippen molar-refractivity contribution in [3.05, 3.63) is 11.8 Å². The lowest BCUT2D eigenvalue weighted by Gasteiger charge is -2.32. The van der Waals surface area contributed by atoms with Gasteiger partial charge in [0, 0.05) is 38.2 Å². The molecule has 1 atom stereocenters. The van der Waals surface area contributed by atoms with Crippen LogP contribution in [-0.2, 0) is 4.74 Å². The highest BCUT2D eigenvalue weighted by Crippen LogP contribution is 2.28. The van der Waals surface area contributed by atoms with Crippen LogP contribution in [0.2, 0.25) is 0 Å². The standard InChI is InChI=1S/C13H20N4O2/c18-6-3-14-13-15-11(10-2-7-19-9-10)8-12(16-13)17-4-1-5-17/h8,10,18H,1-7,9H2,(H,14,15,16)/t10-/m1/s1. The molecule has 1 aromatic rings. The Kier molecular flexibility index (Phi) is 3.79. The molecule has 2 fully saturated rings. The molecule has 0 aromatic carbocycles. The molecule has 0 unspecified atom stereocenters. The van der Waals surface area contributed by atoms with Crippen molar-refractivity contribution in [2.75, 3.05) is 49.7 Å². The van der Waals surface area contributed by atoms with Gasteiger partial charge in [-0.3, -0.25) is 0 Å². The fraction of sp³-hybridized carbons (Fsp3) is 0.692. The Bertz CT molecular complexity index is 431. The van der Waals surface area contributed by atoms with E-state index in [1.807, 2.05) is 0 Å². The Labute approximate surface area is 112 Å². The van der Waals surface area contributed by atoms with Gasteiger partial charge in [0.2, 0.25) is 5.95 Å². The third-order valence-electron chi connectivity index (χ3n) is 3.66. The number of ether oxygens (including phenoxy) is 1. The van der Waals surface area contributed by atoms with E-state index in [9.17, 15) is 0 Å². The summed E-state index contributed by atoms with van der Waals surface area (Å²) < 4.78 is 5.44. The molecule has 6 heteroatoms. The predicted molar refractivity (Wildman–Crippen MR) is 72.6 cm³/mol. The first-order chi connectivity index (χ1) is 9.36. The van der Waals surface area contributed by atoms with Gasteiger partial charge in [0.25, 0.3) is 0 Å². The van der Waals surface area contributed by atoms with Gasteiger partial charge in [-0.15, -0.1) is 0 Å². The molecule has 104 valence electrons. The molecule has 6 nitrogen and oxygen atoms in total. The monoisotopic (exact) mass is 264 g/mol. The molecule has 1 aromatic heterocycles. The summed E-state index contributed by atoms with van der Waals surface area (Å²) in [6, 6.07) is 2.09. The Balaban J connectivity index is 1.83. The van der Waals surface area contributed by atoms with Gasteiger partial charge in [-0.25, -0.2) is 4.98 Å². The maximum atomic E-state index is 8.90. The van der Waals surface area contributed by atoms with Gasteiger partial charge in [-0.05, 0) is 12.8 Å². The van der Waals surface area contributed by atoms with E-state index in [1.54, 1.807) is 0 Å². The van der Waals surface area contributed by atoms with Crippen LogP contribution >= 0.6 is 0 Å². The van der Waals surface area contributed by atoms with Crippen LogP contribution in [0.1, 0.15) is 24.5 Å². The molecule has 2 saturated heterocycles. The number of nitrogens with zero attached hydrogens (tertiary/aromatic N) is 3. The zero-order valence-electron chi connectivity index (χ0n) is 11.0. The van der Waals surface area contributed by atoms with E-state index >= 15 is 0 Å². The first kappa shape index (κ1) is 12.6. The van der Waals surface area contributed by atoms with E-state index in [0.717, 1.165) is 44.2 Å². The second-order valence-electron chi connectivity index (χ2n) is 5.03. The Hall–Kier alpha value is -1.40. The average molecular weight is 264 g/mol. The van der Waals surface area contributed by atoms with Gasteiger partial charge in [0.1, 0.15) is 5.82 Å². The number of hydrogen-bond acceptors (Lipinski definition) is 6. The van der Waals surface area contributed by atoms with E-state index in [4.69, 9.17) is 9.84 Å². The van der Waals surface area contributed by atoms with Gasteiger partial charge in [0.05, 0.1) is 18.9 Å². The number of hydrogen-bond donors (Lipinski definition) is 2. The SMILES string of the molecule is OCCNc1nc([C@@H]2CCOC2)cc(N2CCC2)n1. The molecule has 2 aliphatic heterocycles. The van der Waals surface area contributed by atoms with Crippen molar-refractivity contribution in [3.8, 4) is 0 Å². The molecule has 2 aliphatic rings. The quantitative estimate of drug-likeness (QED) is 0.811. The van der Waals surface area contributed by atoms with Gasteiger partial charge >= 0.3 is 0 Å². The topological polar surface area (TPSA) is 70.5 Å². The second-order valence-corrected chi connectivity index (χ2v) is 5.03. The lowest BCUT2D eigenvalue weighted by Crippen LogP contribution is -2.38. The molecule has 3 heterocycles. The lowest BCUT2D eigenvalue weighted by atomic mass is 10.0. The van der Waals surface area contributed by atoms with E-state index in [1.165, 1.54) is 6.42 Å². The van der Waals surface area contributed by atoms with Crippen LogP contribution in [0, 0.1) is 0 Å². The minimum Gasteiger partial charge on any atom is -0.395 e. The molecule has 0 radical (unpaired) electrons. The highest BCUT2D eigenvalue weighted by molar-refractivity contribution is 5.47. The zero-order chi connectivity index (χ0) is 13.1. The van der Waals surface area contributed by atoms with Crippen LogP contribution in [0.4, 0.5) is 11.8 Å². The maximum absolute atomic E-state index is 8.90. The fourth-order valence-electron chi connectivity index (χ4n) is 2.38. The molecular weight excluding hydrogens is 244 g/mol. The maximum Gasteiger partial charge on any atom is 0.224 e. The van der Waals surface area contributed by atoms with Crippen LogP contribution in [0.15, 0.2) is 6.07 Å². The summed E-state index contributed by atoms with van der Waals surface area (Å²) in [6.45, 7) is 4.25. The lowest BCUT2D eigenvalue weighted by molar-refractivity contribution is 0.193. The van der Waals surface area contributed by atoms with Crippen LogP contribution in [-0.4, -0.2) is 54.5 Å². The van der Waals surface area contributed by atoms with E-state index in [-0.39, 0.29) is 6.61 Å². The molecule has 0 saturated carbocycles.